The molecule has 0 unspecified atom stereocenters. The molecule has 0 aliphatic carbocycles. The lowest BCUT2D eigenvalue weighted by atomic mass is 9.97. The lowest BCUT2D eigenvalue weighted by molar-refractivity contribution is 0.628. The van der Waals surface area contributed by atoms with Crippen LogP contribution in [0.3, 0.4) is 0 Å². The normalized spacial score (nSPS) is 10.5. The summed E-state index contributed by atoms with van der Waals surface area (Å²) in [6.07, 6.45) is 3.39. The zero-order valence-electron chi connectivity index (χ0n) is 13.8. The molecule has 0 spiro atoms. The van der Waals surface area contributed by atoms with Crippen LogP contribution in [0.1, 0.15) is 5.56 Å². The van der Waals surface area contributed by atoms with Crippen LogP contribution in [-0.4, -0.2) is 9.97 Å². The van der Waals surface area contributed by atoms with E-state index in [0.29, 0.717) is 5.56 Å². The first-order valence-corrected chi connectivity index (χ1v) is 8.16. The Morgan fingerprint density at radius 1 is 0.769 bits per heavy atom. The quantitative estimate of drug-likeness (QED) is 0.542. The minimum atomic E-state index is -0.297. The molecule has 2 heterocycles. The number of hydrogen-bond donors (Lipinski definition) is 1. The van der Waals surface area contributed by atoms with Crippen molar-refractivity contribution in [1.29, 1.82) is 5.26 Å². The lowest BCUT2D eigenvalue weighted by Gasteiger charge is -2.05. The van der Waals surface area contributed by atoms with Crippen LogP contribution in [0.15, 0.2) is 79.1 Å². The van der Waals surface area contributed by atoms with E-state index in [4.69, 9.17) is 0 Å². The lowest BCUT2D eigenvalue weighted by Crippen LogP contribution is -1.85. The number of nitrogens with zero attached hydrogens (tertiary/aromatic N) is 2. The standard InChI is InChI=1S/C22H14FN3/c23-18-8-6-17(7-9-18)22-20(15-10-12-25-13-11-15)19(14-24)21(26-22)16-4-2-1-3-5-16/h1-13,26H. The molecule has 0 amide bonds. The first kappa shape index (κ1) is 15.8. The molecule has 0 atom stereocenters. The predicted octanol–water partition coefficient (Wildman–Crippen LogP) is 5.42. The molecular formula is C22H14FN3. The number of nitriles is 1. The molecule has 0 saturated carbocycles. The summed E-state index contributed by atoms with van der Waals surface area (Å²) in [4.78, 5) is 7.45. The van der Waals surface area contributed by atoms with E-state index in [2.05, 4.69) is 16.0 Å². The van der Waals surface area contributed by atoms with Gasteiger partial charge in [0.15, 0.2) is 0 Å². The van der Waals surface area contributed by atoms with E-state index < -0.39 is 0 Å². The van der Waals surface area contributed by atoms with Crippen LogP contribution < -0.4 is 0 Å². The number of nitrogens with one attached hydrogen (secondary N) is 1. The van der Waals surface area contributed by atoms with Gasteiger partial charge in [-0.3, -0.25) is 4.98 Å². The molecule has 0 saturated heterocycles. The van der Waals surface area contributed by atoms with E-state index in [1.165, 1.54) is 12.1 Å². The highest BCUT2D eigenvalue weighted by molar-refractivity contribution is 5.91. The van der Waals surface area contributed by atoms with Gasteiger partial charge >= 0.3 is 0 Å². The number of benzene rings is 2. The zero-order chi connectivity index (χ0) is 17.9. The molecule has 0 aliphatic rings. The Hall–Kier alpha value is -3.71. The van der Waals surface area contributed by atoms with Crippen molar-refractivity contribution < 1.29 is 4.39 Å². The SMILES string of the molecule is N#Cc1c(-c2ccccc2)[nH]c(-c2ccc(F)cc2)c1-c1ccncc1. The van der Waals surface area contributed by atoms with Gasteiger partial charge in [0.25, 0.3) is 0 Å². The van der Waals surface area contributed by atoms with Crippen LogP contribution >= 0.6 is 0 Å². The summed E-state index contributed by atoms with van der Waals surface area (Å²) >= 11 is 0. The first-order valence-electron chi connectivity index (χ1n) is 8.16. The second kappa shape index (κ2) is 6.66. The van der Waals surface area contributed by atoms with Gasteiger partial charge in [-0.25, -0.2) is 4.39 Å². The van der Waals surface area contributed by atoms with Crippen molar-refractivity contribution in [2.45, 2.75) is 0 Å². The van der Waals surface area contributed by atoms with Crippen LogP contribution in [0.2, 0.25) is 0 Å². The van der Waals surface area contributed by atoms with E-state index in [-0.39, 0.29) is 5.82 Å². The maximum absolute atomic E-state index is 13.4. The summed E-state index contributed by atoms with van der Waals surface area (Å²) in [6.45, 7) is 0. The molecule has 0 bridgehead atoms. The topological polar surface area (TPSA) is 52.5 Å². The summed E-state index contributed by atoms with van der Waals surface area (Å²) in [5.41, 5.74) is 5.51. The highest BCUT2D eigenvalue weighted by Crippen LogP contribution is 2.39. The summed E-state index contributed by atoms with van der Waals surface area (Å²) in [7, 11) is 0. The fraction of sp³-hybridized carbons (Fsp3) is 0. The van der Waals surface area contributed by atoms with Crippen molar-refractivity contribution in [2.75, 3.05) is 0 Å². The third kappa shape index (κ3) is 2.76. The Kier molecular flexibility index (Phi) is 4.04. The van der Waals surface area contributed by atoms with Crippen molar-refractivity contribution in [3.8, 4) is 39.7 Å². The van der Waals surface area contributed by atoms with Crippen LogP contribution in [0.4, 0.5) is 4.39 Å². The maximum Gasteiger partial charge on any atom is 0.123 e. The van der Waals surface area contributed by atoms with E-state index >= 15 is 0 Å². The van der Waals surface area contributed by atoms with Crippen molar-refractivity contribution in [3.63, 3.8) is 0 Å². The third-order valence-electron chi connectivity index (χ3n) is 4.28. The Morgan fingerprint density at radius 3 is 2.08 bits per heavy atom. The smallest absolute Gasteiger partial charge is 0.123 e. The monoisotopic (exact) mass is 339 g/mol. The molecule has 26 heavy (non-hydrogen) atoms. The Balaban J connectivity index is 2.03. The number of aromatic amines is 1. The fourth-order valence-corrected chi connectivity index (χ4v) is 3.07. The molecule has 0 fully saturated rings. The Morgan fingerprint density at radius 2 is 1.42 bits per heavy atom. The maximum atomic E-state index is 13.4. The molecule has 2 aromatic carbocycles. The number of halogens is 1. The minimum Gasteiger partial charge on any atom is -0.353 e. The van der Waals surface area contributed by atoms with E-state index in [9.17, 15) is 9.65 Å². The van der Waals surface area contributed by atoms with Crippen molar-refractivity contribution >= 4 is 0 Å². The van der Waals surface area contributed by atoms with E-state index in [1.54, 1.807) is 24.5 Å². The number of rotatable bonds is 3. The fourth-order valence-electron chi connectivity index (χ4n) is 3.07. The Bertz CT molecular complexity index is 1080. The molecule has 3 nitrogen and oxygen atoms in total. The molecule has 4 heteroatoms. The highest BCUT2D eigenvalue weighted by atomic mass is 19.1. The average molecular weight is 339 g/mol. The van der Waals surface area contributed by atoms with Gasteiger partial charge in [0.2, 0.25) is 0 Å². The van der Waals surface area contributed by atoms with Crippen molar-refractivity contribution in [2.24, 2.45) is 0 Å². The first-order chi connectivity index (χ1) is 12.8. The van der Waals surface area contributed by atoms with Crippen LogP contribution in [0.25, 0.3) is 33.6 Å². The number of H-pyrrole nitrogens is 1. The summed E-state index contributed by atoms with van der Waals surface area (Å²) < 4.78 is 13.4. The van der Waals surface area contributed by atoms with Crippen molar-refractivity contribution in [1.82, 2.24) is 9.97 Å². The molecular weight excluding hydrogens is 325 g/mol. The molecule has 1 N–H and O–H groups in total. The van der Waals surface area contributed by atoms with Crippen molar-refractivity contribution in [3.05, 3.63) is 90.5 Å². The van der Waals surface area contributed by atoms with Gasteiger partial charge in [-0.15, -0.1) is 0 Å². The molecule has 4 rings (SSSR count). The van der Waals surface area contributed by atoms with Crippen LogP contribution in [0.5, 0.6) is 0 Å². The van der Waals surface area contributed by atoms with Gasteiger partial charge in [-0.2, -0.15) is 5.26 Å². The van der Waals surface area contributed by atoms with E-state index in [0.717, 1.165) is 33.6 Å². The van der Waals surface area contributed by atoms with Crippen LogP contribution in [-0.2, 0) is 0 Å². The minimum absolute atomic E-state index is 0.297. The molecule has 0 radical (unpaired) electrons. The zero-order valence-corrected chi connectivity index (χ0v) is 13.8. The molecule has 2 aromatic heterocycles. The predicted molar refractivity (Wildman–Crippen MR) is 99.6 cm³/mol. The van der Waals surface area contributed by atoms with Gasteiger partial charge < -0.3 is 4.98 Å². The summed E-state index contributed by atoms with van der Waals surface area (Å²) in [5.74, 6) is -0.297. The molecule has 4 aromatic rings. The van der Waals surface area contributed by atoms with Gasteiger partial charge in [0.05, 0.1) is 17.0 Å². The third-order valence-corrected chi connectivity index (χ3v) is 4.28. The van der Waals surface area contributed by atoms with Gasteiger partial charge in [0.1, 0.15) is 11.9 Å². The Labute approximate surface area is 150 Å². The number of aromatic nitrogens is 2. The second-order valence-corrected chi connectivity index (χ2v) is 5.85. The van der Waals surface area contributed by atoms with Gasteiger partial charge in [-0.1, -0.05) is 30.3 Å². The number of pyridine rings is 1. The molecule has 124 valence electrons. The summed E-state index contributed by atoms with van der Waals surface area (Å²) in [6, 6.07) is 22.0. The van der Waals surface area contributed by atoms with E-state index in [1.807, 2.05) is 42.5 Å². The average Bonchev–Trinajstić information content (AvgIpc) is 3.09. The van der Waals surface area contributed by atoms with Gasteiger partial charge in [0, 0.05) is 18.0 Å². The van der Waals surface area contributed by atoms with Crippen LogP contribution in [0, 0.1) is 17.1 Å². The highest BCUT2D eigenvalue weighted by Gasteiger charge is 2.21. The second-order valence-electron chi connectivity index (χ2n) is 5.85. The summed E-state index contributed by atoms with van der Waals surface area (Å²) in [5, 5.41) is 9.88. The number of hydrogen-bond acceptors (Lipinski definition) is 2. The van der Waals surface area contributed by atoms with Gasteiger partial charge in [-0.05, 0) is 53.1 Å². The largest absolute Gasteiger partial charge is 0.353 e. The molecule has 0 aliphatic heterocycles.